The molecular formula is C11H21N3S. The number of aryl methyl sites for hydroxylation is 1. The first kappa shape index (κ1) is 12.6. The van der Waals surface area contributed by atoms with Crippen molar-refractivity contribution in [2.24, 2.45) is 0 Å². The van der Waals surface area contributed by atoms with Crippen LogP contribution in [-0.2, 0) is 12.8 Å². The van der Waals surface area contributed by atoms with Crippen LogP contribution in [0.3, 0.4) is 0 Å². The lowest BCUT2D eigenvalue weighted by atomic mass is 10.1. The van der Waals surface area contributed by atoms with Gasteiger partial charge in [0.1, 0.15) is 10.8 Å². The zero-order valence-electron chi connectivity index (χ0n) is 9.92. The van der Waals surface area contributed by atoms with Gasteiger partial charge in [0, 0.05) is 18.9 Å². The SMILES string of the molecule is CCCc1nsc(CC(CCC)NC)n1. The van der Waals surface area contributed by atoms with Crippen molar-refractivity contribution in [1.29, 1.82) is 0 Å². The first-order valence-corrected chi connectivity index (χ1v) is 6.56. The van der Waals surface area contributed by atoms with E-state index < -0.39 is 0 Å². The molecule has 15 heavy (non-hydrogen) atoms. The molecule has 0 amide bonds. The third kappa shape index (κ3) is 4.26. The summed E-state index contributed by atoms with van der Waals surface area (Å²) >= 11 is 1.56. The van der Waals surface area contributed by atoms with Crippen LogP contribution in [-0.4, -0.2) is 22.4 Å². The monoisotopic (exact) mass is 227 g/mol. The second-order valence-electron chi connectivity index (χ2n) is 3.83. The maximum atomic E-state index is 4.54. The Labute approximate surface area is 96.5 Å². The zero-order chi connectivity index (χ0) is 11.1. The molecule has 86 valence electrons. The van der Waals surface area contributed by atoms with Crippen LogP contribution >= 0.6 is 11.5 Å². The Morgan fingerprint density at radius 3 is 2.73 bits per heavy atom. The molecule has 1 aromatic rings. The first-order valence-electron chi connectivity index (χ1n) is 5.78. The minimum Gasteiger partial charge on any atom is -0.317 e. The molecule has 0 spiro atoms. The van der Waals surface area contributed by atoms with Crippen molar-refractivity contribution in [1.82, 2.24) is 14.7 Å². The fourth-order valence-corrected chi connectivity index (χ4v) is 2.37. The number of rotatable bonds is 7. The van der Waals surface area contributed by atoms with Crippen LogP contribution in [0.5, 0.6) is 0 Å². The maximum absolute atomic E-state index is 4.54. The Hall–Kier alpha value is -0.480. The summed E-state index contributed by atoms with van der Waals surface area (Å²) in [4.78, 5) is 4.54. The lowest BCUT2D eigenvalue weighted by Gasteiger charge is -2.12. The molecule has 0 bridgehead atoms. The minimum absolute atomic E-state index is 0.553. The van der Waals surface area contributed by atoms with Gasteiger partial charge in [0.15, 0.2) is 0 Å². The van der Waals surface area contributed by atoms with Gasteiger partial charge >= 0.3 is 0 Å². The molecule has 1 N–H and O–H groups in total. The Kier molecular flexibility index (Phi) is 5.79. The van der Waals surface area contributed by atoms with Crippen molar-refractivity contribution >= 4 is 11.5 Å². The van der Waals surface area contributed by atoms with Gasteiger partial charge in [0.2, 0.25) is 0 Å². The summed E-state index contributed by atoms with van der Waals surface area (Å²) in [6.07, 6.45) is 5.58. The average Bonchev–Trinajstić information content (AvgIpc) is 2.66. The van der Waals surface area contributed by atoms with Crippen LogP contribution in [0, 0.1) is 0 Å². The number of aromatic nitrogens is 2. The zero-order valence-corrected chi connectivity index (χ0v) is 10.7. The highest BCUT2D eigenvalue weighted by Crippen LogP contribution is 2.11. The van der Waals surface area contributed by atoms with Crippen molar-refractivity contribution in [3.63, 3.8) is 0 Å². The van der Waals surface area contributed by atoms with Gasteiger partial charge in [-0.2, -0.15) is 4.37 Å². The van der Waals surface area contributed by atoms with E-state index in [2.05, 4.69) is 28.5 Å². The van der Waals surface area contributed by atoms with E-state index in [0.29, 0.717) is 6.04 Å². The molecule has 0 aliphatic rings. The third-order valence-electron chi connectivity index (χ3n) is 2.45. The molecule has 1 aromatic heterocycles. The Morgan fingerprint density at radius 2 is 2.13 bits per heavy atom. The molecule has 3 nitrogen and oxygen atoms in total. The normalized spacial score (nSPS) is 13.0. The molecule has 1 rings (SSSR count). The van der Waals surface area contributed by atoms with Gasteiger partial charge in [-0.1, -0.05) is 20.3 Å². The Morgan fingerprint density at radius 1 is 1.33 bits per heavy atom. The minimum atomic E-state index is 0.553. The molecule has 0 aliphatic carbocycles. The van der Waals surface area contributed by atoms with Crippen LogP contribution in [0.25, 0.3) is 0 Å². The van der Waals surface area contributed by atoms with Gasteiger partial charge in [0.05, 0.1) is 0 Å². The van der Waals surface area contributed by atoms with E-state index in [1.807, 2.05) is 7.05 Å². The number of nitrogens with zero attached hydrogens (tertiary/aromatic N) is 2. The highest BCUT2D eigenvalue weighted by atomic mass is 32.1. The van der Waals surface area contributed by atoms with Crippen molar-refractivity contribution in [2.45, 2.75) is 52.0 Å². The topological polar surface area (TPSA) is 37.8 Å². The predicted octanol–water partition coefficient (Wildman–Crippen LogP) is 2.42. The van der Waals surface area contributed by atoms with Crippen LogP contribution in [0.15, 0.2) is 0 Å². The second-order valence-corrected chi connectivity index (χ2v) is 4.67. The van der Waals surface area contributed by atoms with Gasteiger partial charge in [-0.15, -0.1) is 0 Å². The molecule has 0 fully saturated rings. The van der Waals surface area contributed by atoms with Gasteiger partial charge < -0.3 is 5.32 Å². The van der Waals surface area contributed by atoms with Gasteiger partial charge in [0.25, 0.3) is 0 Å². The van der Waals surface area contributed by atoms with Crippen molar-refractivity contribution < 1.29 is 0 Å². The first-order chi connectivity index (χ1) is 7.30. The standard InChI is InChI=1S/C11H21N3S/c1-4-6-9(12-3)8-11-13-10(7-5-2)14-15-11/h9,12H,4-8H2,1-3H3. The van der Waals surface area contributed by atoms with E-state index in [0.717, 1.165) is 25.1 Å². The summed E-state index contributed by atoms with van der Waals surface area (Å²) < 4.78 is 4.36. The van der Waals surface area contributed by atoms with Crippen LogP contribution in [0.2, 0.25) is 0 Å². The summed E-state index contributed by atoms with van der Waals surface area (Å²) in [6.45, 7) is 4.38. The summed E-state index contributed by atoms with van der Waals surface area (Å²) in [5.74, 6) is 1.02. The Bertz CT molecular complexity index is 273. The molecule has 0 saturated carbocycles. The van der Waals surface area contributed by atoms with Crippen LogP contribution in [0.4, 0.5) is 0 Å². The Balaban J connectivity index is 2.47. The molecule has 4 heteroatoms. The summed E-state index contributed by atoms with van der Waals surface area (Å²) in [5, 5.41) is 4.50. The number of nitrogens with one attached hydrogen (secondary N) is 1. The highest BCUT2D eigenvalue weighted by Gasteiger charge is 2.10. The van der Waals surface area contributed by atoms with E-state index in [-0.39, 0.29) is 0 Å². The second kappa shape index (κ2) is 6.90. The lowest BCUT2D eigenvalue weighted by molar-refractivity contribution is 0.512. The highest BCUT2D eigenvalue weighted by molar-refractivity contribution is 7.05. The summed E-state index contributed by atoms with van der Waals surface area (Å²) in [7, 11) is 2.02. The van der Waals surface area contributed by atoms with Crippen LogP contribution < -0.4 is 5.32 Å². The smallest absolute Gasteiger partial charge is 0.142 e. The van der Waals surface area contributed by atoms with E-state index in [9.17, 15) is 0 Å². The molecule has 1 heterocycles. The fraction of sp³-hybridized carbons (Fsp3) is 0.818. The van der Waals surface area contributed by atoms with E-state index in [1.165, 1.54) is 17.8 Å². The number of hydrogen-bond donors (Lipinski definition) is 1. The largest absolute Gasteiger partial charge is 0.317 e. The fourth-order valence-electron chi connectivity index (χ4n) is 1.61. The molecule has 0 radical (unpaired) electrons. The molecule has 0 saturated heterocycles. The molecule has 0 aromatic carbocycles. The van der Waals surface area contributed by atoms with Crippen LogP contribution in [0.1, 0.15) is 43.9 Å². The third-order valence-corrected chi connectivity index (χ3v) is 3.22. The quantitative estimate of drug-likeness (QED) is 0.777. The molecule has 1 atom stereocenters. The maximum Gasteiger partial charge on any atom is 0.142 e. The van der Waals surface area contributed by atoms with Gasteiger partial charge in [-0.05, 0) is 31.4 Å². The van der Waals surface area contributed by atoms with Gasteiger partial charge in [-0.3, -0.25) is 0 Å². The molecule has 0 aliphatic heterocycles. The van der Waals surface area contributed by atoms with Crippen molar-refractivity contribution in [2.75, 3.05) is 7.05 Å². The predicted molar refractivity (Wildman–Crippen MR) is 65.4 cm³/mol. The summed E-state index contributed by atoms with van der Waals surface area (Å²) in [6, 6.07) is 0.553. The average molecular weight is 227 g/mol. The van der Waals surface area contributed by atoms with E-state index >= 15 is 0 Å². The summed E-state index contributed by atoms with van der Waals surface area (Å²) in [5.41, 5.74) is 0. The van der Waals surface area contributed by atoms with E-state index in [1.54, 1.807) is 11.5 Å². The van der Waals surface area contributed by atoms with E-state index in [4.69, 9.17) is 0 Å². The van der Waals surface area contributed by atoms with Crippen molar-refractivity contribution in [3.05, 3.63) is 10.8 Å². The van der Waals surface area contributed by atoms with Gasteiger partial charge in [-0.25, -0.2) is 4.98 Å². The van der Waals surface area contributed by atoms with Crippen molar-refractivity contribution in [3.8, 4) is 0 Å². The lowest BCUT2D eigenvalue weighted by Crippen LogP contribution is -2.27. The number of likely N-dealkylation sites (N-methyl/N-ethyl adjacent to an activating group) is 1. The molecule has 1 unspecified atom stereocenters. The number of hydrogen-bond acceptors (Lipinski definition) is 4. The molecular weight excluding hydrogens is 206 g/mol.